The van der Waals surface area contributed by atoms with Crippen LogP contribution in [0.4, 0.5) is 0 Å². The Morgan fingerprint density at radius 3 is 1.70 bits per heavy atom. The van der Waals surface area contributed by atoms with Crippen LogP contribution in [0.15, 0.2) is 9.66 Å². The molecule has 0 aliphatic heterocycles. The molecule has 2 nitrogen and oxygen atoms in total. The van der Waals surface area contributed by atoms with Crippen molar-refractivity contribution in [3.8, 4) is 0 Å². The summed E-state index contributed by atoms with van der Waals surface area (Å²) in [6.07, 6.45) is 8.95. The topological polar surface area (TPSA) is 26.3 Å². The summed E-state index contributed by atoms with van der Waals surface area (Å²) in [7, 11) is 0. The van der Waals surface area contributed by atoms with Crippen LogP contribution >= 0.6 is 22.6 Å². The first-order valence-corrected chi connectivity index (χ1v) is 16.4. The van der Waals surface area contributed by atoms with Gasteiger partial charge in [-0.15, -0.1) is 0 Å². The monoisotopic (exact) mass is 502 g/mol. The summed E-state index contributed by atoms with van der Waals surface area (Å²) in [5.41, 5.74) is 0. The van der Waals surface area contributed by atoms with Gasteiger partial charge in [-0.05, 0) is 0 Å². The second-order valence-corrected chi connectivity index (χ2v) is 19.0. The molecule has 0 unspecified atom stereocenters. The first-order chi connectivity index (χ1) is 9.49. The Kier molecular flexibility index (Phi) is 12.8. The number of halogens is 1. The van der Waals surface area contributed by atoms with Gasteiger partial charge in [0.25, 0.3) is 0 Å². The van der Waals surface area contributed by atoms with Crippen molar-refractivity contribution in [3.63, 3.8) is 0 Å². The predicted octanol–water partition coefficient (Wildman–Crippen LogP) is 6.21. The van der Waals surface area contributed by atoms with Gasteiger partial charge in [-0.3, -0.25) is 0 Å². The molecule has 0 saturated heterocycles. The van der Waals surface area contributed by atoms with E-state index in [1.807, 2.05) is 6.92 Å². The molecule has 0 aromatic rings. The molecule has 0 spiro atoms. The molecule has 4 heteroatoms. The average molecular weight is 501 g/mol. The standard InChI is InChI=1S/C4H5IO2.3C4H9.Sn/c1-3(5)2-4(6)7;3*1-3-4-2;/h2H,1H3,(H,6,7);3*1,3-4H2,2H3;/q;;;;+1/p-1/b3-2-;;;;. The van der Waals surface area contributed by atoms with E-state index in [0.29, 0.717) is 0 Å². The van der Waals surface area contributed by atoms with E-state index in [0.717, 1.165) is 3.58 Å². The molecule has 0 N–H and O–H groups in total. The molecule has 0 rings (SSSR count). The van der Waals surface area contributed by atoms with Crippen molar-refractivity contribution >= 4 is 47.4 Å². The van der Waals surface area contributed by atoms with Gasteiger partial charge < -0.3 is 0 Å². The third-order valence-electron chi connectivity index (χ3n) is 3.59. The van der Waals surface area contributed by atoms with Crippen LogP contribution in [-0.2, 0) is 7.87 Å². The molecule has 0 atom stereocenters. The summed E-state index contributed by atoms with van der Waals surface area (Å²) >= 11 is -0.552. The zero-order valence-electron chi connectivity index (χ0n) is 13.6. The van der Waals surface area contributed by atoms with Crippen LogP contribution < -0.4 is 0 Å². The van der Waals surface area contributed by atoms with Gasteiger partial charge in [-0.1, -0.05) is 0 Å². The summed E-state index contributed by atoms with van der Waals surface area (Å²) in [6, 6.07) is 0. The van der Waals surface area contributed by atoms with Crippen molar-refractivity contribution in [2.75, 3.05) is 0 Å². The summed E-state index contributed by atoms with van der Waals surface area (Å²) < 4.78 is 10.8. The SMILES string of the molecule is CCC[CH2][Sn]([CH2]CCC)([CH2]CCC)[O]C(=O)/C=C(/C)I. The Labute approximate surface area is 143 Å². The Hall–Kier alpha value is 0.739. The number of rotatable bonds is 11. The fourth-order valence-electron chi connectivity index (χ4n) is 2.43. The number of hydrogen-bond acceptors (Lipinski definition) is 2. The second kappa shape index (κ2) is 12.3. The third kappa shape index (κ3) is 9.63. The van der Waals surface area contributed by atoms with Gasteiger partial charge >= 0.3 is 144 Å². The summed E-state index contributed by atoms with van der Waals surface area (Å²) in [5.74, 6) is -0.0731. The van der Waals surface area contributed by atoms with Gasteiger partial charge in [-0.2, -0.15) is 0 Å². The maximum absolute atomic E-state index is 12.1. The van der Waals surface area contributed by atoms with Gasteiger partial charge in [0, 0.05) is 0 Å². The predicted molar refractivity (Wildman–Crippen MR) is 98.8 cm³/mol. The minimum absolute atomic E-state index is 0.0731. The summed E-state index contributed by atoms with van der Waals surface area (Å²) in [4.78, 5) is 12.1. The van der Waals surface area contributed by atoms with Crippen LogP contribution in [-0.4, -0.2) is 24.8 Å². The quantitative estimate of drug-likeness (QED) is 0.191. The molecule has 0 radical (unpaired) electrons. The number of allylic oxidation sites excluding steroid dienone is 1. The second-order valence-electron chi connectivity index (χ2n) is 5.65. The maximum atomic E-state index is 12.1. The van der Waals surface area contributed by atoms with Crippen LogP contribution in [0.5, 0.6) is 0 Å². The van der Waals surface area contributed by atoms with Crippen LogP contribution in [0.2, 0.25) is 13.3 Å². The average Bonchev–Trinajstić information content (AvgIpc) is 2.39. The molecule has 0 saturated carbocycles. The van der Waals surface area contributed by atoms with Gasteiger partial charge in [0.2, 0.25) is 0 Å². The zero-order chi connectivity index (χ0) is 15.4. The Morgan fingerprint density at radius 2 is 1.40 bits per heavy atom. The van der Waals surface area contributed by atoms with Crippen molar-refractivity contribution in [3.05, 3.63) is 9.66 Å². The fourth-order valence-corrected chi connectivity index (χ4v) is 15.6. The van der Waals surface area contributed by atoms with Gasteiger partial charge in [-0.25, -0.2) is 0 Å². The fraction of sp³-hybridized carbons (Fsp3) is 0.812. The molecular formula is C16H31IO2Sn. The van der Waals surface area contributed by atoms with Gasteiger partial charge in [0.05, 0.1) is 0 Å². The normalized spacial score (nSPS) is 12.6. The van der Waals surface area contributed by atoms with Crippen LogP contribution in [0, 0.1) is 0 Å². The number of carbonyl (C=O) groups is 1. The van der Waals surface area contributed by atoms with Gasteiger partial charge in [0.1, 0.15) is 0 Å². The van der Waals surface area contributed by atoms with E-state index >= 15 is 0 Å². The Morgan fingerprint density at radius 1 is 1.00 bits per heavy atom. The number of unbranched alkanes of at least 4 members (excludes halogenated alkanes) is 3. The van der Waals surface area contributed by atoms with E-state index in [2.05, 4.69) is 43.4 Å². The van der Waals surface area contributed by atoms with Gasteiger partial charge in [0.15, 0.2) is 0 Å². The van der Waals surface area contributed by atoms with Crippen molar-refractivity contribution in [2.24, 2.45) is 0 Å². The molecule has 0 aliphatic rings. The van der Waals surface area contributed by atoms with Crippen molar-refractivity contribution < 1.29 is 7.87 Å². The van der Waals surface area contributed by atoms with E-state index in [9.17, 15) is 4.79 Å². The molecule has 0 bridgehead atoms. The minimum atomic E-state index is -2.73. The third-order valence-corrected chi connectivity index (χ3v) is 16.5. The first kappa shape index (κ1) is 20.7. The van der Waals surface area contributed by atoms with Crippen LogP contribution in [0.3, 0.4) is 0 Å². The van der Waals surface area contributed by atoms with Crippen molar-refractivity contribution in [2.45, 2.75) is 79.5 Å². The zero-order valence-corrected chi connectivity index (χ0v) is 18.6. The van der Waals surface area contributed by atoms with E-state index in [-0.39, 0.29) is 5.97 Å². The molecule has 20 heavy (non-hydrogen) atoms. The van der Waals surface area contributed by atoms with Crippen molar-refractivity contribution in [1.82, 2.24) is 0 Å². The summed E-state index contributed by atoms with van der Waals surface area (Å²) in [5, 5.41) is 0. The van der Waals surface area contributed by atoms with E-state index in [1.54, 1.807) is 6.08 Å². The molecule has 0 aromatic heterocycles. The number of carbonyl (C=O) groups excluding carboxylic acids is 1. The Balaban J connectivity index is 4.91. The molecule has 0 aromatic carbocycles. The first-order valence-electron chi connectivity index (χ1n) is 8.06. The van der Waals surface area contributed by atoms with Crippen LogP contribution in [0.25, 0.3) is 0 Å². The molecular weight excluding hydrogens is 470 g/mol. The van der Waals surface area contributed by atoms with E-state index in [1.165, 1.54) is 51.8 Å². The molecule has 0 heterocycles. The van der Waals surface area contributed by atoms with Crippen molar-refractivity contribution in [1.29, 1.82) is 0 Å². The Bertz CT molecular complexity index is 277. The van der Waals surface area contributed by atoms with E-state index in [4.69, 9.17) is 3.07 Å². The molecule has 0 fully saturated rings. The number of hydrogen-bond donors (Lipinski definition) is 0. The van der Waals surface area contributed by atoms with E-state index < -0.39 is 18.8 Å². The summed E-state index contributed by atoms with van der Waals surface area (Å²) in [6.45, 7) is 8.63. The molecule has 0 aliphatic carbocycles. The van der Waals surface area contributed by atoms with Crippen LogP contribution in [0.1, 0.15) is 66.2 Å². The molecule has 0 amide bonds. The molecule has 118 valence electrons.